The molecule has 0 unspecified atom stereocenters. The Morgan fingerprint density at radius 1 is 1.18 bits per heavy atom. The standard InChI is InChI=1S/C19H18N6O3/c1-3-27-18(26)14-9-21-25(10-14)19-22-16-15(20-12-24(16)2)17(23-19)28-11-13-7-5-4-6-8-13/h4-10,12H,3,11H2,1-2H3. The summed E-state index contributed by atoms with van der Waals surface area (Å²) in [5.74, 6) is 0.170. The van der Waals surface area contributed by atoms with Gasteiger partial charge in [-0.25, -0.2) is 14.5 Å². The van der Waals surface area contributed by atoms with Gasteiger partial charge in [0.05, 0.1) is 24.7 Å². The van der Waals surface area contributed by atoms with Crippen molar-refractivity contribution in [1.29, 1.82) is 0 Å². The summed E-state index contributed by atoms with van der Waals surface area (Å²) >= 11 is 0. The van der Waals surface area contributed by atoms with E-state index in [2.05, 4.69) is 20.1 Å². The van der Waals surface area contributed by atoms with E-state index in [9.17, 15) is 4.79 Å². The number of ether oxygens (including phenoxy) is 2. The van der Waals surface area contributed by atoms with E-state index in [4.69, 9.17) is 9.47 Å². The van der Waals surface area contributed by atoms with Crippen LogP contribution in [-0.2, 0) is 18.4 Å². The number of hydrogen-bond donors (Lipinski definition) is 0. The fourth-order valence-corrected chi connectivity index (χ4v) is 2.65. The summed E-state index contributed by atoms with van der Waals surface area (Å²) < 4.78 is 14.1. The maximum Gasteiger partial charge on any atom is 0.341 e. The smallest absolute Gasteiger partial charge is 0.341 e. The summed E-state index contributed by atoms with van der Waals surface area (Å²) in [7, 11) is 1.83. The molecule has 0 amide bonds. The molecule has 4 rings (SSSR count). The van der Waals surface area contributed by atoms with Gasteiger partial charge in [0.25, 0.3) is 5.95 Å². The molecule has 0 N–H and O–H groups in total. The van der Waals surface area contributed by atoms with Crippen LogP contribution in [0.3, 0.4) is 0 Å². The Bertz CT molecular complexity index is 1120. The van der Waals surface area contributed by atoms with Crippen LogP contribution < -0.4 is 4.74 Å². The first kappa shape index (κ1) is 17.7. The van der Waals surface area contributed by atoms with Crippen molar-refractivity contribution in [2.45, 2.75) is 13.5 Å². The molecule has 0 fully saturated rings. The summed E-state index contributed by atoms with van der Waals surface area (Å²) in [6.07, 6.45) is 4.58. The van der Waals surface area contributed by atoms with E-state index >= 15 is 0 Å². The molecule has 4 aromatic rings. The van der Waals surface area contributed by atoms with Gasteiger partial charge < -0.3 is 14.0 Å². The highest BCUT2D eigenvalue weighted by Crippen LogP contribution is 2.23. The van der Waals surface area contributed by atoms with Crippen molar-refractivity contribution in [3.8, 4) is 11.8 Å². The third kappa shape index (κ3) is 3.41. The molecule has 3 aromatic heterocycles. The molecule has 0 radical (unpaired) electrons. The normalized spacial score (nSPS) is 10.9. The highest BCUT2D eigenvalue weighted by Gasteiger charge is 2.17. The zero-order chi connectivity index (χ0) is 19.5. The Kier molecular flexibility index (Phi) is 4.71. The Balaban J connectivity index is 1.69. The summed E-state index contributed by atoms with van der Waals surface area (Å²) in [4.78, 5) is 25.2. The number of carbonyl (C=O) groups excluding carboxylic acids is 1. The molecule has 3 heterocycles. The predicted molar refractivity (Wildman–Crippen MR) is 100 cm³/mol. The van der Waals surface area contributed by atoms with Crippen molar-refractivity contribution in [3.63, 3.8) is 0 Å². The third-order valence-corrected chi connectivity index (χ3v) is 4.03. The van der Waals surface area contributed by atoms with E-state index < -0.39 is 5.97 Å². The number of nitrogens with zero attached hydrogens (tertiary/aromatic N) is 6. The van der Waals surface area contributed by atoms with Crippen LogP contribution >= 0.6 is 0 Å². The molecule has 0 saturated heterocycles. The van der Waals surface area contributed by atoms with Gasteiger partial charge in [-0.1, -0.05) is 30.3 Å². The van der Waals surface area contributed by atoms with E-state index in [-0.39, 0.29) is 5.95 Å². The number of hydrogen-bond acceptors (Lipinski definition) is 7. The van der Waals surface area contributed by atoms with E-state index in [1.54, 1.807) is 17.8 Å². The Hall–Kier alpha value is -3.75. The number of rotatable bonds is 6. The maximum atomic E-state index is 11.9. The monoisotopic (exact) mass is 378 g/mol. The van der Waals surface area contributed by atoms with Crippen molar-refractivity contribution in [2.24, 2.45) is 7.05 Å². The molecular weight excluding hydrogens is 360 g/mol. The van der Waals surface area contributed by atoms with Crippen LogP contribution in [0, 0.1) is 0 Å². The lowest BCUT2D eigenvalue weighted by Gasteiger charge is -2.08. The average Bonchev–Trinajstić information content (AvgIpc) is 3.35. The highest BCUT2D eigenvalue weighted by atomic mass is 16.5. The van der Waals surface area contributed by atoms with E-state index in [1.807, 2.05) is 37.4 Å². The van der Waals surface area contributed by atoms with Crippen LogP contribution in [0.25, 0.3) is 17.1 Å². The lowest BCUT2D eigenvalue weighted by molar-refractivity contribution is 0.0526. The Labute approximate surface area is 160 Å². The third-order valence-electron chi connectivity index (χ3n) is 4.03. The van der Waals surface area contributed by atoms with Crippen LogP contribution in [0.15, 0.2) is 49.1 Å². The predicted octanol–water partition coefficient (Wildman–Crippen LogP) is 2.30. The van der Waals surface area contributed by atoms with Crippen molar-refractivity contribution < 1.29 is 14.3 Å². The van der Waals surface area contributed by atoms with Gasteiger partial charge in [-0.05, 0) is 12.5 Å². The van der Waals surface area contributed by atoms with Crippen LogP contribution in [0.1, 0.15) is 22.8 Å². The number of fused-ring (bicyclic) bond motifs is 1. The molecule has 9 nitrogen and oxygen atoms in total. The SMILES string of the molecule is CCOC(=O)c1cnn(-c2nc(OCc3ccccc3)c3ncn(C)c3n2)c1. The molecule has 0 saturated carbocycles. The second-order valence-electron chi connectivity index (χ2n) is 6.02. The first-order chi connectivity index (χ1) is 13.7. The first-order valence-electron chi connectivity index (χ1n) is 8.73. The van der Waals surface area contributed by atoms with Gasteiger partial charge in [-0.3, -0.25) is 0 Å². The lowest BCUT2D eigenvalue weighted by Crippen LogP contribution is -2.07. The van der Waals surface area contributed by atoms with Crippen molar-refractivity contribution in [1.82, 2.24) is 29.3 Å². The molecular formula is C19H18N6O3. The van der Waals surface area contributed by atoms with E-state index in [0.717, 1.165) is 5.56 Å². The average molecular weight is 378 g/mol. The molecule has 142 valence electrons. The quantitative estimate of drug-likeness (QED) is 0.475. The van der Waals surface area contributed by atoms with Crippen molar-refractivity contribution in [2.75, 3.05) is 6.61 Å². The number of aryl methyl sites for hydroxylation is 1. The number of carbonyl (C=O) groups is 1. The molecule has 1 aromatic carbocycles. The molecule has 28 heavy (non-hydrogen) atoms. The second kappa shape index (κ2) is 7.47. The topological polar surface area (TPSA) is 97.0 Å². The van der Waals surface area contributed by atoms with Gasteiger partial charge in [-0.15, -0.1) is 0 Å². The van der Waals surface area contributed by atoms with Crippen molar-refractivity contribution >= 4 is 17.1 Å². The number of benzene rings is 1. The minimum Gasteiger partial charge on any atom is -0.471 e. The van der Waals surface area contributed by atoms with Gasteiger partial charge >= 0.3 is 5.97 Å². The minimum absolute atomic E-state index is 0.273. The molecule has 0 spiro atoms. The summed E-state index contributed by atoms with van der Waals surface area (Å²) in [6, 6.07) is 9.78. The molecule has 9 heteroatoms. The molecule has 0 bridgehead atoms. The van der Waals surface area contributed by atoms with E-state index in [0.29, 0.717) is 35.8 Å². The Morgan fingerprint density at radius 2 is 2.00 bits per heavy atom. The summed E-state index contributed by atoms with van der Waals surface area (Å²) in [5.41, 5.74) is 2.49. The molecule has 0 atom stereocenters. The van der Waals surface area contributed by atoms with Crippen LogP contribution in [0.4, 0.5) is 0 Å². The summed E-state index contributed by atoms with van der Waals surface area (Å²) in [5, 5.41) is 4.18. The number of aromatic nitrogens is 6. The summed E-state index contributed by atoms with van der Waals surface area (Å²) in [6.45, 7) is 2.38. The van der Waals surface area contributed by atoms with Gasteiger partial charge in [0.15, 0.2) is 11.2 Å². The molecule has 0 aliphatic heterocycles. The maximum absolute atomic E-state index is 11.9. The van der Waals surface area contributed by atoms with Crippen LogP contribution in [0.5, 0.6) is 5.88 Å². The fourth-order valence-electron chi connectivity index (χ4n) is 2.65. The van der Waals surface area contributed by atoms with Gasteiger partial charge in [-0.2, -0.15) is 15.1 Å². The first-order valence-corrected chi connectivity index (χ1v) is 8.73. The number of imidazole rings is 1. The highest BCUT2D eigenvalue weighted by molar-refractivity contribution is 5.88. The van der Waals surface area contributed by atoms with Crippen molar-refractivity contribution in [3.05, 3.63) is 60.2 Å². The van der Waals surface area contributed by atoms with Crippen LogP contribution in [0.2, 0.25) is 0 Å². The number of esters is 1. The van der Waals surface area contributed by atoms with Gasteiger partial charge in [0.2, 0.25) is 5.88 Å². The molecule has 0 aliphatic rings. The zero-order valence-corrected chi connectivity index (χ0v) is 15.4. The zero-order valence-electron chi connectivity index (χ0n) is 15.4. The lowest BCUT2D eigenvalue weighted by atomic mass is 10.2. The Morgan fingerprint density at radius 3 is 2.79 bits per heavy atom. The van der Waals surface area contributed by atoms with Crippen LogP contribution in [-0.4, -0.2) is 41.9 Å². The largest absolute Gasteiger partial charge is 0.471 e. The minimum atomic E-state index is -0.448. The van der Waals surface area contributed by atoms with E-state index in [1.165, 1.54) is 17.1 Å². The fraction of sp³-hybridized carbons (Fsp3) is 0.211. The van der Waals surface area contributed by atoms with Gasteiger partial charge in [0.1, 0.15) is 6.61 Å². The molecule has 0 aliphatic carbocycles. The second-order valence-corrected chi connectivity index (χ2v) is 6.02. The van der Waals surface area contributed by atoms with Gasteiger partial charge in [0, 0.05) is 13.2 Å².